The van der Waals surface area contributed by atoms with Crippen LogP contribution in [0.4, 0.5) is 0 Å². The molecule has 2 aliphatic rings. The van der Waals surface area contributed by atoms with Crippen molar-refractivity contribution in [1.82, 2.24) is 4.90 Å². The van der Waals surface area contributed by atoms with Crippen molar-refractivity contribution in [1.29, 1.82) is 0 Å². The summed E-state index contributed by atoms with van der Waals surface area (Å²) in [5.74, 6) is 0. The third kappa shape index (κ3) is 1.49. The van der Waals surface area contributed by atoms with Gasteiger partial charge in [-0.25, -0.2) is 0 Å². The lowest BCUT2D eigenvalue weighted by Gasteiger charge is -2.26. The summed E-state index contributed by atoms with van der Waals surface area (Å²) >= 11 is 0. The number of rotatable bonds is 1. The van der Waals surface area contributed by atoms with E-state index in [4.69, 9.17) is 5.73 Å². The van der Waals surface area contributed by atoms with Crippen LogP contribution in [0, 0.1) is 0 Å². The summed E-state index contributed by atoms with van der Waals surface area (Å²) < 4.78 is 0. The SMILES string of the molecule is N[C@@H]1CCC[C@@H]1N1CC[C@@H](O)C1. The highest BCUT2D eigenvalue weighted by molar-refractivity contribution is 4.91. The first-order valence-electron chi connectivity index (χ1n) is 4.95. The fourth-order valence-corrected chi connectivity index (χ4v) is 2.49. The maximum Gasteiger partial charge on any atom is 0.0679 e. The van der Waals surface area contributed by atoms with Gasteiger partial charge in [0.25, 0.3) is 0 Å². The zero-order valence-electron chi connectivity index (χ0n) is 7.45. The molecule has 0 radical (unpaired) electrons. The number of aliphatic hydroxyl groups excluding tert-OH is 1. The molecule has 1 aliphatic heterocycles. The van der Waals surface area contributed by atoms with Crippen LogP contribution in [0.15, 0.2) is 0 Å². The summed E-state index contributed by atoms with van der Waals surface area (Å²) in [4.78, 5) is 2.36. The molecule has 3 N–H and O–H groups in total. The Hall–Kier alpha value is -0.120. The predicted octanol–water partition coefficient (Wildman–Crippen LogP) is -0.0672. The average molecular weight is 170 g/mol. The smallest absolute Gasteiger partial charge is 0.0679 e. The van der Waals surface area contributed by atoms with Gasteiger partial charge in [0.1, 0.15) is 0 Å². The second-order valence-corrected chi connectivity index (χ2v) is 4.10. The Labute approximate surface area is 73.5 Å². The highest BCUT2D eigenvalue weighted by Crippen LogP contribution is 2.25. The number of hydrogen-bond acceptors (Lipinski definition) is 3. The van der Waals surface area contributed by atoms with Crippen molar-refractivity contribution in [3.8, 4) is 0 Å². The van der Waals surface area contributed by atoms with Crippen LogP contribution in [0.3, 0.4) is 0 Å². The molecule has 1 saturated carbocycles. The standard InChI is InChI=1S/C9H18N2O/c10-8-2-1-3-9(8)11-5-4-7(12)6-11/h7-9,12H,1-6,10H2/t7-,8-,9+/m1/s1. The number of likely N-dealkylation sites (tertiary alicyclic amines) is 1. The maximum atomic E-state index is 9.36. The Morgan fingerprint density at radius 1 is 1.25 bits per heavy atom. The quantitative estimate of drug-likeness (QED) is 0.579. The summed E-state index contributed by atoms with van der Waals surface area (Å²) in [6.07, 6.45) is 4.49. The molecule has 3 heteroatoms. The maximum absolute atomic E-state index is 9.36. The number of nitrogens with zero attached hydrogens (tertiary/aromatic N) is 1. The van der Waals surface area contributed by atoms with Gasteiger partial charge in [-0.1, -0.05) is 6.42 Å². The van der Waals surface area contributed by atoms with Gasteiger partial charge in [-0.3, -0.25) is 4.90 Å². The highest BCUT2D eigenvalue weighted by atomic mass is 16.3. The van der Waals surface area contributed by atoms with Crippen LogP contribution in [0.25, 0.3) is 0 Å². The zero-order chi connectivity index (χ0) is 8.55. The summed E-state index contributed by atoms with van der Waals surface area (Å²) in [6, 6.07) is 0.914. The Kier molecular flexibility index (Phi) is 2.35. The van der Waals surface area contributed by atoms with Crippen molar-refractivity contribution in [3.05, 3.63) is 0 Å². The lowest BCUT2D eigenvalue weighted by Crippen LogP contribution is -2.43. The van der Waals surface area contributed by atoms with Gasteiger partial charge < -0.3 is 10.8 Å². The summed E-state index contributed by atoms with van der Waals surface area (Å²) in [5.41, 5.74) is 5.98. The number of nitrogens with two attached hydrogens (primary N) is 1. The van der Waals surface area contributed by atoms with Crippen LogP contribution in [-0.2, 0) is 0 Å². The molecule has 2 fully saturated rings. The highest BCUT2D eigenvalue weighted by Gasteiger charge is 2.33. The fraction of sp³-hybridized carbons (Fsp3) is 1.00. The van der Waals surface area contributed by atoms with E-state index in [0.29, 0.717) is 12.1 Å². The number of aliphatic hydroxyl groups is 1. The van der Waals surface area contributed by atoms with E-state index in [2.05, 4.69) is 4.90 Å². The third-order valence-electron chi connectivity index (χ3n) is 3.20. The van der Waals surface area contributed by atoms with E-state index in [-0.39, 0.29) is 6.10 Å². The van der Waals surface area contributed by atoms with Crippen molar-refractivity contribution >= 4 is 0 Å². The van der Waals surface area contributed by atoms with Gasteiger partial charge in [0.15, 0.2) is 0 Å². The fourth-order valence-electron chi connectivity index (χ4n) is 2.49. The molecule has 0 aromatic heterocycles. The molecular formula is C9H18N2O. The minimum atomic E-state index is -0.0993. The zero-order valence-corrected chi connectivity index (χ0v) is 7.45. The second kappa shape index (κ2) is 3.32. The first-order valence-corrected chi connectivity index (χ1v) is 4.95. The normalized spacial score (nSPS) is 44.0. The topological polar surface area (TPSA) is 49.5 Å². The predicted molar refractivity (Wildman–Crippen MR) is 47.8 cm³/mol. The van der Waals surface area contributed by atoms with E-state index < -0.39 is 0 Å². The van der Waals surface area contributed by atoms with Crippen molar-refractivity contribution in [3.63, 3.8) is 0 Å². The van der Waals surface area contributed by atoms with Gasteiger partial charge in [-0.2, -0.15) is 0 Å². The van der Waals surface area contributed by atoms with Gasteiger partial charge in [0.2, 0.25) is 0 Å². The Morgan fingerprint density at radius 3 is 2.58 bits per heavy atom. The molecular weight excluding hydrogens is 152 g/mol. The van der Waals surface area contributed by atoms with Crippen molar-refractivity contribution in [2.45, 2.75) is 43.9 Å². The van der Waals surface area contributed by atoms with E-state index >= 15 is 0 Å². The van der Waals surface area contributed by atoms with Gasteiger partial charge >= 0.3 is 0 Å². The Morgan fingerprint density at radius 2 is 2.08 bits per heavy atom. The molecule has 12 heavy (non-hydrogen) atoms. The minimum absolute atomic E-state index is 0.0993. The molecule has 3 atom stereocenters. The molecule has 0 unspecified atom stereocenters. The van der Waals surface area contributed by atoms with Crippen molar-refractivity contribution in [2.24, 2.45) is 5.73 Å². The largest absolute Gasteiger partial charge is 0.392 e. The monoisotopic (exact) mass is 170 g/mol. The van der Waals surface area contributed by atoms with Crippen LogP contribution in [0.2, 0.25) is 0 Å². The molecule has 0 aromatic rings. The minimum Gasteiger partial charge on any atom is -0.392 e. The van der Waals surface area contributed by atoms with Crippen LogP contribution in [0.1, 0.15) is 25.7 Å². The lowest BCUT2D eigenvalue weighted by atomic mass is 10.1. The Balaban J connectivity index is 1.91. The van der Waals surface area contributed by atoms with Crippen molar-refractivity contribution in [2.75, 3.05) is 13.1 Å². The first-order chi connectivity index (χ1) is 5.77. The molecule has 0 aromatic carbocycles. The summed E-state index contributed by atoms with van der Waals surface area (Å²) in [7, 11) is 0. The molecule has 1 saturated heterocycles. The van der Waals surface area contributed by atoms with Gasteiger partial charge in [-0.05, 0) is 19.3 Å². The second-order valence-electron chi connectivity index (χ2n) is 4.10. The van der Waals surface area contributed by atoms with E-state index in [9.17, 15) is 5.11 Å². The average Bonchev–Trinajstić information content (AvgIpc) is 2.58. The van der Waals surface area contributed by atoms with Gasteiger partial charge in [-0.15, -0.1) is 0 Å². The number of hydrogen-bond donors (Lipinski definition) is 2. The van der Waals surface area contributed by atoms with Crippen LogP contribution in [0.5, 0.6) is 0 Å². The van der Waals surface area contributed by atoms with E-state index in [1.807, 2.05) is 0 Å². The molecule has 0 amide bonds. The van der Waals surface area contributed by atoms with Crippen LogP contribution < -0.4 is 5.73 Å². The molecule has 3 nitrogen and oxygen atoms in total. The summed E-state index contributed by atoms with van der Waals surface area (Å²) in [5, 5.41) is 9.36. The Bertz CT molecular complexity index is 163. The third-order valence-corrected chi connectivity index (χ3v) is 3.20. The van der Waals surface area contributed by atoms with Gasteiger partial charge in [0, 0.05) is 25.2 Å². The van der Waals surface area contributed by atoms with Crippen LogP contribution in [-0.4, -0.2) is 41.3 Å². The van der Waals surface area contributed by atoms with E-state index in [1.54, 1.807) is 0 Å². The molecule has 1 heterocycles. The molecule has 0 spiro atoms. The van der Waals surface area contributed by atoms with E-state index in [1.165, 1.54) is 12.8 Å². The van der Waals surface area contributed by atoms with Gasteiger partial charge in [0.05, 0.1) is 6.10 Å². The molecule has 2 rings (SSSR count). The molecule has 0 bridgehead atoms. The molecule has 1 aliphatic carbocycles. The number of β-amino-alcohol motifs (C(OH)–C–C–N with tert-alkyl or cyclic N) is 1. The van der Waals surface area contributed by atoms with Crippen LogP contribution >= 0.6 is 0 Å². The lowest BCUT2D eigenvalue weighted by molar-refractivity contribution is 0.155. The first kappa shape index (κ1) is 8.48. The molecule has 70 valence electrons. The van der Waals surface area contributed by atoms with Crippen molar-refractivity contribution < 1.29 is 5.11 Å². The summed E-state index contributed by atoms with van der Waals surface area (Å²) in [6.45, 7) is 1.89. The van der Waals surface area contributed by atoms with E-state index in [0.717, 1.165) is 25.9 Å².